The molecule has 0 aliphatic heterocycles. The molecule has 0 aromatic carbocycles. The second kappa shape index (κ2) is 6.86. The minimum Gasteiger partial charge on any atom is -0.337 e. The third kappa shape index (κ3) is 3.19. The van der Waals surface area contributed by atoms with Gasteiger partial charge in [0.15, 0.2) is 5.82 Å². The molecule has 0 spiro atoms. The van der Waals surface area contributed by atoms with Gasteiger partial charge in [0.2, 0.25) is 0 Å². The first-order valence-electron chi connectivity index (χ1n) is 9.21. The van der Waals surface area contributed by atoms with E-state index in [1.165, 1.54) is 5.56 Å². The zero-order valence-electron chi connectivity index (χ0n) is 15.5. The van der Waals surface area contributed by atoms with Crippen LogP contribution in [0.3, 0.4) is 0 Å². The number of aryl methyl sites for hydroxylation is 1. The van der Waals surface area contributed by atoms with Crippen molar-refractivity contribution < 1.29 is 0 Å². The summed E-state index contributed by atoms with van der Waals surface area (Å²) in [5.41, 5.74) is 5.46. The second-order valence-electron chi connectivity index (χ2n) is 7.26. The van der Waals surface area contributed by atoms with Crippen molar-refractivity contribution in [2.24, 2.45) is 5.92 Å². The molecule has 0 saturated heterocycles. The Bertz CT molecular complexity index is 914. The maximum absolute atomic E-state index is 4.82. The molecule has 3 heterocycles. The summed E-state index contributed by atoms with van der Waals surface area (Å²) >= 11 is 0. The standard InChI is InChI=1S/C20H24N6/c1-13(2)12-26-14(3)18(11-22-26)24-20-16-7-4-8-17(16)23-19(25-20)15-6-5-9-21-10-15/h5-6,9-11,13H,4,7-8,12H2,1-3H3,(H,23,24,25). The Morgan fingerprint density at radius 2 is 2.08 bits per heavy atom. The van der Waals surface area contributed by atoms with Gasteiger partial charge in [0.1, 0.15) is 5.82 Å². The van der Waals surface area contributed by atoms with Gasteiger partial charge in [-0.15, -0.1) is 0 Å². The van der Waals surface area contributed by atoms with Gasteiger partial charge in [0, 0.05) is 35.8 Å². The lowest BCUT2D eigenvalue weighted by atomic mass is 10.2. The van der Waals surface area contributed by atoms with E-state index in [0.717, 1.165) is 60.1 Å². The van der Waals surface area contributed by atoms with Crippen LogP contribution in [0.1, 0.15) is 37.2 Å². The van der Waals surface area contributed by atoms with Crippen molar-refractivity contribution in [2.45, 2.75) is 46.6 Å². The largest absolute Gasteiger partial charge is 0.337 e. The Labute approximate surface area is 153 Å². The molecule has 26 heavy (non-hydrogen) atoms. The van der Waals surface area contributed by atoms with Crippen molar-refractivity contribution in [3.63, 3.8) is 0 Å². The molecule has 0 amide bonds. The first-order valence-corrected chi connectivity index (χ1v) is 9.21. The summed E-state index contributed by atoms with van der Waals surface area (Å²) < 4.78 is 2.05. The molecule has 0 radical (unpaired) electrons. The van der Waals surface area contributed by atoms with Gasteiger partial charge >= 0.3 is 0 Å². The van der Waals surface area contributed by atoms with E-state index >= 15 is 0 Å². The third-order valence-electron chi connectivity index (χ3n) is 4.75. The van der Waals surface area contributed by atoms with Gasteiger partial charge in [-0.2, -0.15) is 5.10 Å². The number of rotatable bonds is 5. The van der Waals surface area contributed by atoms with Crippen molar-refractivity contribution in [1.29, 1.82) is 0 Å². The molecule has 3 aromatic rings. The molecule has 6 nitrogen and oxygen atoms in total. The summed E-state index contributed by atoms with van der Waals surface area (Å²) in [7, 11) is 0. The number of hydrogen-bond acceptors (Lipinski definition) is 5. The van der Waals surface area contributed by atoms with E-state index in [0.29, 0.717) is 5.92 Å². The first kappa shape index (κ1) is 16.7. The van der Waals surface area contributed by atoms with Gasteiger partial charge < -0.3 is 5.32 Å². The van der Waals surface area contributed by atoms with Crippen molar-refractivity contribution in [3.05, 3.63) is 47.7 Å². The van der Waals surface area contributed by atoms with Crippen LogP contribution in [0.5, 0.6) is 0 Å². The highest BCUT2D eigenvalue weighted by molar-refractivity contribution is 5.66. The van der Waals surface area contributed by atoms with Crippen LogP contribution >= 0.6 is 0 Å². The molecule has 1 N–H and O–H groups in total. The topological polar surface area (TPSA) is 68.5 Å². The zero-order valence-corrected chi connectivity index (χ0v) is 15.5. The van der Waals surface area contributed by atoms with E-state index in [2.05, 4.69) is 40.9 Å². The third-order valence-corrected chi connectivity index (χ3v) is 4.75. The molecule has 0 atom stereocenters. The van der Waals surface area contributed by atoms with Gasteiger partial charge in [0.05, 0.1) is 17.6 Å². The van der Waals surface area contributed by atoms with Crippen LogP contribution in [0.2, 0.25) is 0 Å². The van der Waals surface area contributed by atoms with E-state index in [1.807, 2.05) is 24.5 Å². The number of nitrogens with one attached hydrogen (secondary N) is 1. The van der Waals surface area contributed by atoms with Gasteiger partial charge in [0.25, 0.3) is 0 Å². The number of anilines is 2. The van der Waals surface area contributed by atoms with Gasteiger partial charge in [-0.05, 0) is 44.2 Å². The molecule has 1 aliphatic rings. The fourth-order valence-corrected chi connectivity index (χ4v) is 3.39. The maximum atomic E-state index is 4.82. The lowest BCUT2D eigenvalue weighted by molar-refractivity contribution is 0.475. The van der Waals surface area contributed by atoms with Crippen LogP contribution < -0.4 is 5.32 Å². The molecule has 0 unspecified atom stereocenters. The molecule has 0 fully saturated rings. The normalized spacial score (nSPS) is 13.2. The Kier molecular flexibility index (Phi) is 4.41. The SMILES string of the molecule is Cc1c(Nc2nc(-c3cccnc3)nc3c2CCC3)cnn1CC(C)C. The zero-order chi connectivity index (χ0) is 18.1. The molecule has 4 rings (SSSR count). The lowest BCUT2D eigenvalue weighted by Crippen LogP contribution is -2.08. The Balaban J connectivity index is 1.71. The monoisotopic (exact) mass is 348 g/mol. The van der Waals surface area contributed by atoms with Crippen LogP contribution in [-0.2, 0) is 19.4 Å². The molecule has 134 valence electrons. The number of fused-ring (bicyclic) bond motifs is 1. The van der Waals surface area contributed by atoms with Crippen LogP contribution in [0.15, 0.2) is 30.7 Å². The predicted molar refractivity (Wildman–Crippen MR) is 102 cm³/mol. The van der Waals surface area contributed by atoms with E-state index < -0.39 is 0 Å². The van der Waals surface area contributed by atoms with Crippen LogP contribution in [0.25, 0.3) is 11.4 Å². The maximum Gasteiger partial charge on any atom is 0.163 e. The summed E-state index contributed by atoms with van der Waals surface area (Å²) in [6.07, 6.45) is 8.62. The molecule has 0 saturated carbocycles. The lowest BCUT2D eigenvalue weighted by Gasteiger charge is -2.13. The minimum atomic E-state index is 0.557. The summed E-state index contributed by atoms with van der Waals surface area (Å²) in [6.45, 7) is 7.41. The van der Waals surface area contributed by atoms with Crippen LogP contribution in [0.4, 0.5) is 11.5 Å². The Morgan fingerprint density at radius 3 is 2.85 bits per heavy atom. The number of aromatic nitrogens is 5. The Hall–Kier alpha value is -2.76. The quantitative estimate of drug-likeness (QED) is 0.756. The highest BCUT2D eigenvalue weighted by Crippen LogP contribution is 2.31. The number of nitrogens with zero attached hydrogens (tertiary/aromatic N) is 5. The Morgan fingerprint density at radius 1 is 1.19 bits per heavy atom. The number of hydrogen-bond donors (Lipinski definition) is 1. The average molecular weight is 348 g/mol. The average Bonchev–Trinajstić information content (AvgIpc) is 3.24. The van der Waals surface area contributed by atoms with Crippen molar-refractivity contribution in [2.75, 3.05) is 5.32 Å². The summed E-state index contributed by atoms with van der Waals surface area (Å²) in [5.74, 6) is 2.19. The van der Waals surface area contributed by atoms with E-state index in [1.54, 1.807) is 6.20 Å². The van der Waals surface area contributed by atoms with Crippen molar-refractivity contribution in [1.82, 2.24) is 24.7 Å². The summed E-state index contributed by atoms with van der Waals surface area (Å²) in [6, 6.07) is 3.92. The highest BCUT2D eigenvalue weighted by atomic mass is 15.3. The fourth-order valence-electron chi connectivity index (χ4n) is 3.39. The molecular weight excluding hydrogens is 324 g/mol. The van der Waals surface area contributed by atoms with Gasteiger partial charge in [-0.25, -0.2) is 9.97 Å². The van der Waals surface area contributed by atoms with Gasteiger partial charge in [-0.1, -0.05) is 13.8 Å². The first-order chi connectivity index (χ1) is 12.6. The molecule has 3 aromatic heterocycles. The fraction of sp³-hybridized carbons (Fsp3) is 0.400. The van der Waals surface area contributed by atoms with E-state index in [9.17, 15) is 0 Å². The highest BCUT2D eigenvalue weighted by Gasteiger charge is 2.21. The van der Waals surface area contributed by atoms with Gasteiger partial charge in [-0.3, -0.25) is 9.67 Å². The van der Waals surface area contributed by atoms with E-state index in [4.69, 9.17) is 9.97 Å². The smallest absolute Gasteiger partial charge is 0.163 e. The minimum absolute atomic E-state index is 0.557. The molecule has 0 bridgehead atoms. The molecular formula is C20H24N6. The van der Waals surface area contributed by atoms with Crippen molar-refractivity contribution >= 4 is 11.5 Å². The summed E-state index contributed by atoms with van der Waals surface area (Å²) in [4.78, 5) is 13.8. The van der Waals surface area contributed by atoms with E-state index in [-0.39, 0.29) is 0 Å². The summed E-state index contributed by atoms with van der Waals surface area (Å²) in [5, 5.41) is 8.05. The van der Waals surface area contributed by atoms with Crippen LogP contribution in [0, 0.1) is 12.8 Å². The molecule has 1 aliphatic carbocycles. The predicted octanol–water partition coefficient (Wildman–Crippen LogP) is 3.93. The van der Waals surface area contributed by atoms with Crippen LogP contribution in [-0.4, -0.2) is 24.7 Å². The molecule has 6 heteroatoms. The second-order valence-corrected chi connectivity index (χ2v) is 7.26. The van der Waals surface area contributed by atoms with Crippen molar-refractivity contribution in [3.8, 4) is 11.4 Å². The number of pyridine rings is 1.